The van der Waals surface area contributed by atoms with Gasteiger partial charge < -0.3 is 14.2 Å². The lowest BCUT2D eigenvalue weighted by atomic mass is 10.5. The Kier molecular flexibility index (Phi) is 9.46. The summed E-state index contributed by atoms with van der Waals surface area (Å²) < 4.78 is 14.9. The molecule has 5 nitrogen and oxygen atoms in total. The number of methoxy groups -OCH3 is 1. The fourth-order valence-electron chi connectivity index (χ4n) is 0.971. The Hall–Kier alpha value is -0.650. The molecule has 0 aromatic heterocycles. The van der Waals surface area contributed by atoms with Crippen LogP contribution in [0.25, 0.3) is 0 Å². The second-order valence-electron chi connectivity index (χ2n) is 3.15. The molecule has 0 amide bonds. The molecule has 0 radical (unpaired) electrons. The molecule has 5 heteroatoms. The molecule has 0 aromatic carbocycles. The SMILES string of the molecule is CCOC(=O)CN(C)CCOCCOC. The number of rotatable bonds is 9. The molecule has 0 aliphatic rings. The molecule has 0 atom stereocenters. The van der Waals surface area contributed by atoms with Gasteiger partial charge in [0.1, 0.15) is 0 Å². The Morgan fingerprint density at radius 3 is 2.60 bits per heavy atom. The van der Waals surface area contributed by atoms with Gasteiger partial charge in [-0.15, -0.1) is 0 Å². The van der Waals surface area contributed by atoms with Crippen molar-refractivity contribution in [2.45, 2.75) is 6.92 Å². The van der Waals surface area contributed by atoms with Gasteiger partial charge in [-0.2, -0.15) is 0 Å². The predicted octanol–water partition coefficient (Wildman–Crippen LogP) is 0.144. The first-order valence-corrected chi connectivity index (χ1v) is 5.11. The van der Waals surface area contributed by atoms with E-state index in [0.29, 0.717) is 39.5 Å². The molecule has 0 aliphatic heterocycles. The molecule has 90 valence electrons. The second kappa shape index (κ2) is 9.89. The molecule has 15 heavy (non-hydrogen) atoms. The zero-order valence-corrected chi connectivity index (χ0v) is 9.82. The summed E-state index contributed by atoms with van der Waals surface area (Å²) in [4.78, 5) is 12.9. The summed E-state index contributed by atoms with van der Waals surface area (Å²) >= 11 is 0. The second-order valence-corrected chi connectivity index (χ2v) is 3.15. The molecule has 0 bridgehead atoms. The Morgan fingerprint density at radius 1 is 1.27 bits per heavy atom. The zero-order chi connectivity index (χ0) is 11.5. The fourth-order valence-corrected chi connectivity index (χ4v) is 0.971. The number of carbonyl (C=O) groups excluding carboxylic acids is 1. The van der Waals surface area contributed by atoms with Gasteiger partial charge in [0.2, 0.25) is 0 Å². The summed E-state index contributed by atoms with van der Waals surface area (Å²) in [6.07, 6.45) is 0. The average molecular weight is 219 g/mol. The number of esters is 1. The van der Waals surface area contributed by atoms with E-state index in [1.807, 2.05) is 11.9 Å². The summed E-state index contributed by atoms with van der Waals surface area (Å²) in [6, 6.07) is 0. The molecular formula is C10H21NO4. The molecule has 0 aromatic rings. The Morgan fingerprint density at radius 2 is 2.00 bits per heavy atom. The highest BCUT2D eigenvalue weighted by Crippen LogP contribution is 1.87. The number of nitrogens with zero attached hydrogens (tertiary/aromatic N) is 1. The van der Waals surface area contributed by atoms with Gasteiger partial charge in [0, 0.05) is 13.7 Å². The number of hydrogen-bond donors (Lipinski definition) is 0. The van der Waals surface area contributed by atoms with E-state index in [0.717, 1.165) is 0 Å². The topological polar surface area (TPSA) is 48.0 Å². The highest BCUT2D eigenvalue weighted by Gasteiger charge is 2.06. The van der Waals surface area contributed by atoms with Crippen molar-refractivity contribution in [2.75, 3.05) is 53.7 Å². The van der Waals surface area contributed by atoms with Crippen LogP contribution in [0, 0.1) is 0 Å². The molecule has 0 N–H and O–H groups in total. The minimum Gasteiger partial charge on any atom is -0.465 e. The maximum atomic E-state index is 11.1. The van der Waals surface area contributed by atoms with Crippen molar-refractivity contribution in [3.8, 4) is 0 Å². The highest BCUT2D eigenvalue weighted by molar-refractivity contribution is 5.71. The van der Waals surface area contributed by atoms with Crippen LogP contribution in [-0.2, 0) is 19.0 Å². The number of hydrogen-bond acceptors (Lipinski definition) is 5. The Bertz CT molecular complexity index is 164. The van der Waals surface area contributed by atoms with Gasteiger partial charge in [-0.3, -0.25) is 9.69 Å². The van der Waals surface area contributed by atoms with Crippen LogP contribution in [0.2, 0.25) is 0 Å². The zero-order valence-electron chi connectivity index (χ0n) is 9.82. The molecule has 0 saturated carbocycles. The van der Waals surface area contributed by atoms with Gasteiger partial charge in [0.25, 0.3) is 0 Å². The van der Waals surface area contributed by atoms with E-state index >= 15 is 0 Å². The third kappa shape index (κ3) is 9.65. The molecule has 0 rings (SSSR count). The maximum Gasteiger partial charge on any atom is 0.320 e. The van der Waals surface area contributed by atoms with Crippen molar-refractivity contribution in [3.05, 3.63) is 0 Å². The Labute approximate surface area is 91.3 Å². The Balaban J connectivity index is 3.32. The van der Waals surface area contributed by atoms with Crippen LogP contribution in [0.4, 0.5) is 0 Å². The summed E-state index contributed by atoms with van der Waals surface area (Å²) in [7, 11) is 3.49. The molecule has 0 unspecified atom stereocenters. The van der Waals surface area contributed by atoms with E-state index in [1.54, 1.807) is 14.0 Å². The van der Waals surface area contributed by atoms with Gasteiger partial charge in [0.05, 0.1) is 33.0 Å². The quantitative estimate of drug-likeness (QED) is 0.408. The van der Waals surface area contributed by atoms with Gasteiger partial charge in [0.15, 0.2) is 0 Å². The summed E-state index contributed by atoms with van der Waals surface area (Å²) in [6.45, 7) is 5.03. The van der Waals surface area contributed by atoms with E-state index in [1.165, 1.54) is 0 Å². The number of likely N-dealkylation sites (N-methyl/N-ethyl adjacent to an activating group) is 1. The largest absolute Gasteiger partial charge is 0.465 e. The predicted molar refractivity (Wildman–Crippen MR) is 56.8 cm³/mol. The normalized spacial score (nSPS) is 10.7. The van der Waals surface area contributed by atoms with Crippen LogP contribution in [-0.4, -0.2) is 64.5 Å². The first-order chi connectivity index (χ1) is 7.20. The van der Waals surface area contributed by atoms with Crippen molar-refractivity contribution < 1.29 is 19.0 Å². The molecule has 0 fully saturated rings. The van der Waals surface area contributed by atoms with Crippen molar-refractivity contribution >= 4 is 5.97 Å². The molecule has 0 aliphatic carbocycles. The van der Waals surface area contributed by atoms with Gasteiger partial charge in [-0.05, 0) is 14.0 Å². The van der Waals surface area contributed by atoms with Gasteiger partial charge in [-0.25, -0.2) is 0 Å². The van der Waals surface area contributed by atoms with E-state index < -0.39 is 0 Å². The third-order valence-electron chi connectivity index (χ3n) is 1.75. The van der Waals surface area contributed by atoms with Crippen molar-refractivity contribution in [1.82, 2.24) is 4.90 Å². The first kappa shape index (κ1) is 14.3. The van der Waals surface area contributed by atoms with E-state index in [-0.39, 0.29) is 5.97 Å². The number of ether oxygens (including phenoxy) is 3. The lowest BCUT2D eigenvalue weighted by Crippen LogP contribution is -2.30. The van der Waals surface area contributed by atoms with E-state index in [2.05, 4.69) is 0 Å². The van der Waals surface area contributed by atoms with Crippen molar-refractivity contribution in [1.29, 1.82) is 0 Å². The minimum absolute atomic E-state index is 0.197. The minimum atomic E-state index is -0.197. The summed E-state index contributed by atoms with van der Waals surface area (Å²) in [5.74, 6) is -0.197. The average Bonchev–Trinajstić information content (AvgIpc) is 2.17. The van der Waals surface area contributed by atoms with Crippen LogP contribution < -0.4 is 0 Å². The molecule has 0 saturated heterocycles. The van der Waals surface area contributed by atoms with Gasteiger partial charge in [-0.1, -0.05) is 0 Å². The van der Waals surface area contributed by atoms with Crippen LogP contribution in [0.5, 0.6) is 0 Å². The lowest BCUT2D eigenvalue weighted by Gasteiger charge is -2.15. The summed E-state index contributed by atoms with van der Waals surface area (Å²) in [5.41, 5.74) is 0. The first-order valence-electron chi connectivity index (χ1n) is 5.11. The molecule has 0 spiro atoms. The maximum absolute atomic E-state index is 11.1. The van der Waals surface area contributed by atoms with Crippen molar-refractivity contribution in [2.24, 2.45) is 0 Å². The fraction of sp³-hybridized carbons (Fsp3) is 0.900. The highest BCUT2D eigenvalue weighted by atomic mass is 16.5. The lowest BCUT2D eigenvalue weighted by molar-refractivity contribution is -0.144. The summed E-state index contributed by atoms with van der Waals surface area (Å²) in [5, 5.41) is 0. The van der Waals surface area contributed by atoms with Crippen LogP contribution in [0.3, 0.4) is 0 Å². The van der Waals surface area contributed by atoms with Crippen molar-refractivity contribution in [3.63, 3.8) is 0 Å². The monoisotopic (exact) mass is 219 g/mol. The van der Waals surface area contributed by atoms with Gasteiger partial charge >= 0.3 is 5.97 Å². The molecule has 0 heterocycles. The smallest absolute Gasteiger partial charge is 0.320 e. The molecular weight excluding hydrogens is 198 g/mol. The number of carbonyl (C=O) groups is 1. The van der Waals surface area contributed by atoms with Crippen LogP contribution >= 0.6 is 0 Å². The van der Waals surface area contributed by atoms with Crippen LogP contribution in [0.15, 0.2) is 0 Å². The van der Waals surface area contributed by atoms with E-state index in [4.69, 9.17) is 14.2 Å². The van der Waals surface area contributed by atoms with E-state index in [9.17, 15) is 4.79 Å². The standard InChI is InChI=1S/C10H21NO4/c1-4-15-10(12)9-11(2)5-6-14-8-7-13-3/h4-9H2,1-3H3. The third-order valence-corrected chi connectivity index (χ3v) is 1.75. The van der Waals surface area contributed by atoms with Crippen LogP contribution in [0.1, 0.15) is 6.92 Å².